The summed E-state index contributed by atoms with van der Waals surface area (Å²) in [6.07, 6.45) is -2.92. The second-order valence-electron chi connectivity index (χ2n) is 7.50. The minimum absolute atomic E-state index is 0.0429. The van der Waals surface area contributed by atoms with Gasteiger partial charge in [0.25, 0.3) is 0 Å². The Morgan fingerprint density at radius 2 is 1.69 bits per heavy atom. The second-order valence-corrected chi connectivity index (χ2v) is 7.50. The van der Waals surface area contributed by atoms with Gasteiger partial charge in [-0.1, -0.05) is 24.6 Å². The molecule has 6 nitrogen and oxygen atoms in total. The molecular formula is C23H26F3NO5. The van der Waals surface area contributed by atoms with E-state index < -0.39 is 29.8 Å². The topological polar surface area (TPSA) is 68.2 Å². The van der Waals surface area contributed by atoms with E-state index in [1.165, 1.54) is 39.5 Å². The van der Waals surface area contributed by atoms with Crippen LogP contribution in [0, 0.1) is 0 Å². The van der Waals surface area contributed by atoms with E-state index in [4.69, 9.17) is 14.2 Å². The van der Waals surface area contributed by atoms with Crippen LogP contribution in [0.3, 0.4) is 0 Å². The number of nitrogens with zero attached hydrogens (tertiary/aromatic N) is 1. The minimum atomic E-state index is -4.62. The van der Waals surface area contributed by atoms with Crippen molar-refractivity contribution < 1.29 is 37.3 Å². The lowest BCUT2D eigenvalue weighted by atomic mass is 9.88. The first kappa shape index (κ1) is 23.7. The molecule has 1 fully saturated rings. The summed E-state index contributed by atoms with van der Waals surface area (Å²) in [5.74, 6) is -0.294. The SMILES string of the molecule is COc1ccc(C(c2ccccc2C(F)(F)F)N2CCCCC2C(=O)O)c(OC)c1OC. The van der Waals surface area contributed by atoms with Gasteiger partial charge in [0.15, 0.2) is 11.5 Å². The fraction of sp³-hybridized carbons (Fsp3) is 0.435. The van der Waals surface area contributed by atoms with Crippen LogP contribution in [0.1, 0.15) is 42.0 Å². The molecule has 2 aromatic rings. The first-order chi connectivity index (χ1) is 15.2. The monoisotopic (exact) mass is 453 g/mol. The maximum atomic E-state index is 14.0. The van der Waals surface area contributed by atoms with Crippen molar-refractivity contribution in [1.29, 1.82) is 0 Å². The van der Waals surface area contributed by atoms with E-state index in [1.54, 1.807) is 17.0 Å². The zero-order valence-corrected chi connectivity index (χ0v) is 18.1. The predicted molar refractivity (Wildman–Crippen MR) is 111 cm³/mol. The Bertz CT molecular complexity index is 963. The van der Waals surface area contributed by atoms with Crippen molar-refractivity contribution in [2.45, 2.75) is 37.5 Å². The number of aliphatic carboxylic acids is 1. The standard InChI is InChI=1S/C23H26F3NO5/c1-30-18-12-11-15(20(31-2)21(18)32-3)19(27-13-7-6-10-17(27)22(28)29)14-8-4-5-9-16(14)23(24,25)26/h4-5,8-9,11-12,17,19H,6-7,10,13H2,1-3H3,(H,28,29). The zero-order chi connectivity index (χ0) is 23.5. The third kappa shape index (κ3) is 4.48. The number of hydrogen-bond acceptors (Lipinski definition) is 5. The Balaban J connectivity index is 2.32. The number of carbonyl (C=O) groups is 1. The van der Waals surface area contributed by atoms with Gasteiger partial charge < -0.3 is 19.3 Å². The molecule has 1 heterocycles. The molecule has 9 heteroatoms. The molecular weight excluding hydrogens is 427 g/mol. The number of rotatable bonds is 7. The van der Waals surface area contributed by atoms with Crippen molar-refractivity contribution >= 4 is 5.97 Å². The van der Waals surface area contributed by atoms with Crippen molar-refractivity contribution in [1.82, 2.24) is 4.90 Å². The lowest BCUT2D eigenvalue weighted by molar-refractivity contribution is -0.145. The third-order valence-corrected chi connectivity index (χ3v) is 5.75. The number of benzene rings is 2. The summed E-state index contributed by atoms with van der Waals surface area (Å²) in [7, 11) is 4.24. The highest BCUT2D eigenvalue weighted by molar-refractivity contribution is 5.74. The summed E-state index contributed by atoms with van der Waals surface area (Å²) in [6.45, 7) is 0.325. The van der Waals surface area contributed by atoms with Crippen LogP contribution >= 0.6 is 0 Å². The van der Waals surface area contributed by atoms with E-state index >= 15 is 0 Å². The highest BCUT2D eigenvalue weighted by Gasteiger charge is 2.42. The highest BCUT2D eigenvalue weighted by atomic mass is 19.4. The highest BCUT2D eigenvalue weighted by Crippen LogP contribution is 2.48. The molecule has 2 atom stereocenters. The average Bonchev–Trinajstić information content (AvgIpc) is 2.78. The number of piperidine rings is 1. The predicted octanol–water partition coefficient (Wildman–Crippen LogP) is 4.76. The number of ether oxygens (including phenoxy) is 3. The Morgan fingerprint density at radius 3 is 2.28 bits per heavy atom. The molecule has 174 valence electrons. The van der Waals surface area contributed by atoms with Crippen LogP contribution in [-0.2, 0) is 11.0 Å². The summed E-state index contributed by atoms with van der Waals surface area (Å²) >= 11 is 0. The largest absolute Gasteiger partial charge is 0.493 e. The molecule has 3 rings (SSSR count). The minimum Gasteiger partial charge on any atom is -0.493 e. The first-order valence-electron chi connectivity index (χ1n) is 10.2. The number of halogens is 3. The quantitative estimate of drug-likeness (QED) is 0.652. The molecule has 0 spiro atoms. The maximum Gasteiger partial charge on any atom is 0.416 e. The van der Waals surface area contributed by atoms with Crippen LogP contribution < -0.4 is 14.2 Å². The van der Waals surface area contributed by atoms with Crippen molar-refractivity contribution in [3.63, 3.8) is 0 Å². The summed E-state index contributed by atoms with van der Waals surface area (Å²) in [5.41, 5.74) is -0.495. The van der Waals surface area contributed by atoms with Crippen LogP contribution in [0.25, 0.3) is 0 Å². The number of likely N-dealkylation sites (tertiary alicyclic amines) is 1. The summed E-state index contributed by atoms with van der Waals surface area (Å²) in [4.78, 5) is 13.7. The lowest BCUT2D eigenvalue weighted by Crippen LogP contribution is -2.47. The molecule has 2 aromatic carbocycles. The number of carboxylic acid groups (broad SMARTS) is 1. The summed E-state index contributed by atoms with van der Waals surface area (Å²) in [6, 6.07) is 6.46. The Labute approximate surface area is 184 Å². The number of carboxylic acids is 1. The van der Waals surface area contributed by atoms with Crippen molar-refractivity contribution in [2.24, 2.45) is 0 Å². The third-order valence-electron chi connectivity index (χ3n) is 5.75. The smallest absolute Gasteiger partial charge is 0.416 e. The maximum absolute atomic E-state index is 14.0. The van der Waals surface area contributed by atoms with E-state index in [9.17, 15) is 23.1 Å². The molecule has 0 aliphatic carbocycles. The van der Waals surface area contributed by atoms with Gasteiger partial charge in [-0.3, -0.25) is 9.69 Å². The van der Waals surface area contributed by atoms with E-state index in [0.717, 1.165) is 6.07 Å². The number of alkyl halides is 3. The average molecular weight is 453 g/mol. The zero-order valence-electron chi connectivity index (χ0n) is 18.1. The molecule has 0 amide bonds. The van der Waals surface area contributed by atoms with Gasteiger partial charge in [-0.05, 0) is 43.1 Å². The molecule has 0 radical (unpaired) electrons. The van der Waals surface area contributed by atoms with Crippen LogP contribution in [0.4, 0.5) is 13.2 Å². The fourth-order valence-corrected chi connectivity index (χ4v) is 4.39. The molecule has 1 N–H and O–H groups in total. The van der Waals surface area contributed by atoms with Gasteiger partial charge in [0, 0.05) is 5.56 Å². The van der Waals surface area contributed by atoms with E-state index in [-0.39, 0.29) is 17.1 Å². The van der Waals surface area contributed by atoms with Gasteiger partial charge in [0.1, 0.15) is 6.04 Å². The Morgan fingerprint density at radius 1 is 1.00 bits per heavy atom. The summed E-state index contributed by atoms with van der Waals surface area (Å²) in [5, 5.41) is 9.85. The first-order valence-corrected chi connectivity index (χ1v) is 10.2. The summed E-state index contributed by atoms with van der Waals surface area (Å²) < 4.78 is 58.3. The Kier molecular flexibility index (Phi) is 7.18. The number of hydrogen-bond donors (Lipinski definition) is 1. The molecule has 0 bridgehead atoms. The van der Waals surface area contributed by atoms with Crippen molar-refractivity contribution in [2.75, 3.05) is 27.9 Å². The molecule has 1 aliphatic rings. The normalized spacial score (nSPS) is 18.1. The van der Waals surface area contributed by atoms with Gasteiger partial charge in [0.05, 0.1) is 32.9 Å². The molecule has 1 saturated heterocycles. The van der Waals surface area contributed by atoms with Gasteiger partial charge in [-0.2, -0.15) is 13.2 Å². The lowest BCUT2D eigenvalue weighted by Gasteiger charge is -2.40. The number of methoxy groups -OCH3 is 3. The van der Waals surface area contributed by atoms with Gasteiger partial charge >= 0.3 is 12.1 Å². The Hall–Kier alpha value is -2.94. The van der Waals surface area contributed by atoms with Crippen molar-refractivity contribution in [3.8, 4) is 17.2 Å². The van der Waals surface area contributed by atoms with E-state index in [2.05, 4.69) is 0 Å². The van der Waals surface area contributed by atoms with Gasteiger partial charge in [-0.25, -0.2) is 0 Å². The van der Waals surface area contributed by atoms with Crippen molar-refractivity contribution in [3.05, 3.63) is 53.1 Å². The van der Waals surface area contributed by atoms with E-state index in [1.807, 2.05) is 0 Å². The molecule has 32 heavy (non-hydrogen) atoms. The van der Waals surface area contributed by atoms with Crippen LogP contribution in [0.2, 0.25) is 0 Å². The molecule has 2 unspecified atom stereocenters. The molecule has 1 aliphatic heterocycles. The molecule has 0 saturated carbocycles. The van der Waals surface area contributed by atoms with Gasteiger partial charge in [-0.15, -0.1) is 0 Å². The molecule has 0 aromatic heterocycles. The van der Waals surface area contributed by atoms with E-state index in [0.29, 0.717) is 37.1 Å². The second kappa shape index (κ2) is 9.68. The van der Waals surface area contributed by atoms with Crippen LogP contribution in [-0.4, -0.2) is 49.9 Å². The van der Waals surface area contributed by atoms with Gasteiger partial charge in [0.2, 0.25) is 5.75 Å². The van der Waals surface area contributed by atoms with Crippen LogP contribution in [0.5, 0.6) is 17.2 Å². The fourth-order valence-electron chi connectivity index (χ4n) is 4.39. The van der Waals surface area contributed by atoms with Crippen LogP contribution in [0.15, 0.2) is 36.4 Å².